The van der Waals surface area contributed by atoms with Crippen LogP contribution in [0.3, 0.4) is 0 Å². The lowest BCUT2D eigenvalue weighted by Crippen LogP contribution is -2.34. The first kappa shape index (κ1) is 16.8. The average molecular weight is 325 g/mol. The summed E-state index contributed by atoms with van der Waals surface area (Å²) >= 11 is 0. The van der Waals surface area contributed by atoms with Crippen molar-refractivity contribution in [2.45, 2.75) is 45.3 Å². The van der Waals surface area contributed by atoms with Gasteiger partial charge in [-0.05, 0) is 55.7 Å². The molecule has 128 valence electrons. The lowest BCUT2D eigenvalue weighted by Gasteiger charge is -2.25. The van der Waals surface area contributed by atoms with E-state index in [1.165, 1.54) is 25.7 Å². The summed E-state index contributed by atoms with van der Waals surface area (Å²) in [6.45, 7) is 4.55. The molecule has 1 aliphatic rings. The number of ether oxygens (including phenoxy) is 2. The van der Waals surface area contributed by atoms with Crippen LogP contribution in [-0.2, 0) is 0 Å². The fourth-order valence-corrected chi connectivity index (χ4v) is 3.12. The topological polar surface area (TPSA) is 21.7 Å². The molecule has 0 spiro atoms. The quantitative estimate of drug-likeness (QED) is 0.601. The van der Waals surface area contributed by atoms with Gasteiger partial charge >= 0.3 is 0 Å². The molecule has 1 fully saturated rings. The van der Waals surface area contributed by atoms with Crippen molar-refractivity contribution < 1.29 is 9.47 Å². The van der Waals surface area contributed by atoms with E-state index in [4.69, 9.17) is 9.47 Å². The highest BCUT2D eigenvalue weighted by atomic mass is 16.5. The predicted molar refractivity (Wildman–Crippen MR) is 97.7 cm³/mol. The monoisotopic (exact) mass is 325 g/mol. The minimum absolute atomic E-state index is 0.225. The van der Waals surface area contributed by atoms with Crippen LogP contribution in [0.25, 0.3) is 0 Å². The van der Waals surface area contributed by atoms with Crippen LogP contribution in [0.15, 0.2) is 54.6 Å². The molecule has 1 heterocycles. The fraction of sp³-hybridized carbons (Fsp3) is 0.429. The Morgan fingerprint density at radius 1 is 0.917 bits per heavy atom. The summed E-state index contributed by atoms with van der Waals surface area (Å²) in [6.07, 6.45) is 6.40. The molecule has 1 unspecified atom stereocenters. The molecule has 3 heteroatoms. The highest BCUT2D eigenvalue weighted by molar-refractivity contribution is 5.35. The molecule has 2 aromatic rings. The van der Waals surface area contributed by atoms with E-state index in [1.54, 1.807) is 0 Å². The number of nitrogens with zero attached hydrogens (tertiary/aromatic N) is 1. The zero-order chi connectivity index (χ0) is 16.6. The predicted octanol–water partition coefficient (Wildman–Crippen LogP) is 5.47. The summed E-state index contributed by atoms with van der Waals surface area (Å²) < 4.78 is 12.0. The molecular weight excluding hydrogens is 298 g/mol. The molecule has 0 bridgehead atoms. The van der Waals surface area contributed by atoms with Gasteiger partial charge in [0.2, 0.25) is 0 Å². The number of unbranched alkanes of at least 4 members (excludes halogenated alkanes) is 2. The van der Waals surface area contributed by atoms with Gasteiger partial charge in [-0.1, -0.05) is 38.0 Å². The maximum atomic E-state index is 6.19. The van der Waals surface area contributed by atoms with Gasteiger partial charge in [0.1, 0.15) is 17.2 Å². The number of rotatable bonds is 8. The van der Waals surface area contributed by atoms with Crippen LogP contribution < -0.4 is 9.47 Å². The van der Waals surface area contributed by atoms with Crippen LogP contribution in [0.2, 0.25) is 0 Å². The first-order valence-corrected chi connectivity index (χ1v) is 9.09. The van der Waals surface area contributed by atoms with E-state index in [0.717, 1.165) is 36.8 Å². The Morgan fingerprint density at radius 2 is 1.62 bits per heavy atom. The maximum Gasteiger partial charge on any atom is 0.152 e. The van der Waals surface area contributed by atoms with Gasteiger partial charge in [0.25, 0.3) is 0 Å². The maximum absolute atomic E-state index is 6.19. The summed E-state index contributed by atoms with van der Waals surface area (Å²) in [4.78, 5) is 2.48. The Kier molecular flexibility index (Phi) is 6.13. The lowest BCUT2D eigenvalue weighted by atomic mass is 10.2. The van der Waals surface area contributed by atoms with E-state index in [-0.39, 0.29) is 6.23 Å². The standard InChI is InChI=1S/C21H27NO2/c1-2-3-7-16-22-17-8-11-21(22)24-20-14-12-19(13-15-20)23-18-9-5-4-6-10-18/h4-6,9-10,12-15,21H,2-3,7-8,11,16-17H2,1H3. The summed E-state index contributed by atoms with van der Waals surface area (Å²) in [5, 5.41) is 0. The van der Waals surface area contributed by atoms with E-state index in [2.05, 4.69) is 11.8 Å². The van der Waals surface area contributed by atoms with Crippen LogP contribution in [0, 0.1) is 0 Å². The Labute approximate surface area is 145 Å². The molecule has 0 aromatic heterocycles. The molecule has 0 saturated carbocycles. The summed E-state index contributed by atoms with van der Waals surface area (Å²) in [6, 6.07) is 17.8. The normalized spacial score (nSPS) is 17.8. The molecule has 24 heavy (non-hydrogen) atoms. The van der Waals surface area contributed by atoms with Gasteiger partial charge in [-0.3, -0.25) is 4.90 Å². The molecule has 1 saturated heterocycles. The van der Waals surface area contributed by atoms with Crippen molar-refractivity contribution in [3.8, 4) is 17.2 Å². The third-order valence-electron chi connectivity index (χ3n) is 4.43. The first-order chi connectivity index (χ1) is 11.8. The van der Waals surface area contributed by atoms with E-state index in [0.29, 0.717) is 0 Å². The summed E-state index contributed by atoms with van der Waals surface area (Å²) in [7, 11) is 0. The minimum Gasteiger partial charge on any atom is -0.475 e. The highest BCUT2D eigenvalue weighted by Crippen LogP contribution is 2.26. The van der Waals surface area contributed by atoms with Crippen molar-refractivity contribution in [2.24, 2.45) is 0 Å². The van der Waals surface area contributed by atoms with E-state index >= 15 is 0 Å². The molecule has 0 aliphatic carbocycles. The fourth-order valence-electron chi connectivity index (χ4n) is 3.12. The number of hydrogen-bond donors (Lipinski definition) is 0. The minimum atomic E-state index is 0.225. The Balaban J connectivity index is 1.53. The molecule has 3 nitrogen and oxygen atoms in total. The summed E-state index contributed by atoms with van der Waals surface area (Å²) in [5.74, 6) is 2.60. The van der Waals surface area contributed by atoms with Gasteiger partial charge in [-0.25, -0.2) is 0 Å². The van der Waals surface area contributed by atoms with Crippen molar-refractivity contribution in [2.75, 3.05) is 13.1 Å². The Hall–Kier alpha value is -2.00. The molecule has 0 radical (unpaired) electrons. The van der Waals surface area contributed by atoms with E-state index in [9.17, 15) is 0 Å². The van der Waals surface area contributed by atoms with E-state index in [1.807, 2.05) is 54.6 Å². The highest BCUT2D eigenvalue weighted by Gasteiger charge is 2.25. The molecule has 3 rings (SSSR count). The number of likely N-dealkylation sites (tertiary alicyclic amines) is 1. The SMILES string of the molecule is CCCCCN1CCCC1Oc1ccc(Oc2ccccc2)cc1. The van der Waals surface area contributed by atoms with Crippen molar-refractivity contribution >= 4 is 0 Å². The summed E-state index contributed by atoms with van der Waals surface area (Å²) in [5.41, 5.74) is 0. The second-order valence-corrected chi connectivity index (χ2v) is 6.34. The van der Waals surface area contributed by atoms with Crippen molar-refractivity contribution in [1.82, 2.24) is 4.90 Å². The Morgan fingerprint density at radius 3 is 2.38 bits per heavy atom. The van der Waals surface area contributed by atoms with Crippen LogP contribution in [-0.4, -0.2) is 24.2 Å². The Bertz CT molecular complexity index is 597. The second kappa shape index (κ2) is 8.74. The molecular formula is C21H27NO2. The molecule has 2 aromatic carbocycles. The van der Waals surface area contributed by atoms with Gasteiger partial charge in [-0.2, -0.15) is 0 Å². The van der Waals surface area contributed by atoms with Crippen molar-refractivity contribution in [3.63, 3.8) is 0 Å². The van der Waals surface area contributed by atoms with Crippen LogP contribution in [0.5, 0.6) is 17.2 Å². The molecule has 0 amide bonds. The van der Waals surface area contributed by atoms with Gasteiger partial charge in [0.15, 0.2) is 6.23 Å². The van der Waals surface area contributed by atoms with Gasteiger partial charge in [0.05, 0.1) is 0 Å². The zero-order valence-corrected chi connectivity index (χ0v) is 14.5. The number of para-hydroxylation sites is 1. The smallest absolute Gasteiger partial charge is 0.152 e. The van der Waals surface area contributed by atoms with Crippen molar-refractivity contribution in [3.05, 3.63) is 54.6 Å². The van der Waals surface area contributed by atoms with Crippen LogP contribution in [0.4, 0.5) is 0 Å². The van der Waals surface area contributed by atoms with Gasteiger partial charge in [0, 0.05) is 13.1 Å². The number of benzene rings is 2. The van der Waals surface area contributed by atoms with Gasteiger partial charge < -0.3 is 9.47 Å². The molecule has 1 atom stereocenters. The zero-order valence-electron chi connectivity index (χ0n) is 14.5. The molecule has 0 N–H and O–H groups in total. The number of hydrogen-bond acceptors (Lipinski definition) is 3. The average Bonchev–Trinajstić information content (AvgIpc) is 3.05. The van der Waals surface area contributed by atoms with Crippen LogP contribution in [0.1, 0.15) is 39.0 Å². The lowest BCUT2D eigenvalue weighted by molar-refractivity contribution is 0.0595. The third kappa shape index (κ3) is 4.75. The second-order valence-electron chi connectivity index (χ2n) is 6.34. The van der Waals surface area contributed by atoms with Gasteiger partial charge in [-0.15, -0.1) is 0 Å². The van der Waals surface area contributed by atoms with Crippen LogP contribution >= 0.6 is 0 Å². The first-order valence-electron chi connectivity index (χ1n) is 9.09. The largest absolute Gasteiger partial charge is 0.475 e. The molecule has 1 aliphatic heterocycles. The van der Waals surface area contributed by atoms with E-state index < -0.39 is 0 Å². The third-order valence-corrected chi connectivity index (χ3v) is 4.43. The van der Waals surface area contributed by atoms with Crippen molar-refractivity contribution in [1.29, 1.82) is 0 Å².